The molecule has 0 amide bonds. The number of benzene rings is 1. The summed E-state index contributed by atoms with van der Waals surface area (Å²) >= 11 is 7.97. The molecule has 0 radical (unpaired) electrons. The Morgan fingerprint density at radius 3 is 2.83 bits per heavy atom. The molecule has 0 aromatic heterocycles. The van der Waals surface area contributed by atoms with Crippen molar-refractivity contribution in [3.05, 3.63) is 28.8 Å². The van der Waals surface area contributed by atoms with Gasteiger partial charge in [0.25, 0.3) is 0 Å². The lowest BCUT2D eigenvalue weighted by molar-refractivity contribution is 0.674. The van der Waals surface area contributed by atoms with E-state index in [-0.39, 0.29) is 0 Å². The molecule has 0 spiro atoms. The second-order valence-electron chi connectivity index (χ2n) is 4.36. The minimum absolute atomic E-state index is 0.806. The van der Waals surface area contributed by atoms with Gasteiger partial charge in [0.05, 0.1) is 0 Å². The Morgan fingerprint density at radius 2 is 2.17 bits per heavy atom. The fourth-order valence-electron chi connectivity index (χ4n) is 1.79. The molecule has 0 aliphatic rings. The molecule has 0 saturated carbocycles. The molecule has 2 nitrogen and oxygen atoms in total. The first-order valence-corrected chi connectivity index (χ1v) is 8.15. The minimum atomic E-state index is 0.806. The zero-order valence-electron chi connectivity index (χ0n) is 11.5. The van der Waals surface area contributed by atoms with Crippen LogP contribution in [-0.4, -0.2) is 32.1 Å². The summed E-state index contributed by atoms with van der Waals surface area (Å²) in [5.41, 5.74) is 2.55. The molecular formula is C14H23ClN2S. The molecule has 1 aromatic carbocycles. The van der Waals surface area contributed by atoms with Crippen LogP contribution in [0, 0.1) is 0 Å². The van der Waals surface area contributed by atoms with Crippen LogP contribution in [0.4, 0.5) is 5.69 Å². The topological polar surface area (TPSA) is 15.3 Å². The molecule has 1 aromatic rings. The van der Waals surface area contributed by atoms with Gasteiger partial charge in [-0.05, 0) is 36.9 Å². The maximum Gasteiger partial charge on any atom is 0.0426 e. The van der Waals surface area contributed by atoms with Crippen LogP contribution in [0.1, 0.15) is 18.9 Å². The monoisotopic (exact) mass is 286 g/mol. The fourth-order valence-corrected chi connectivity index (χ4v) is 2.41. The predicted molar refractivity (Wildman–Crippen MR) is 85.1 cm³/mol. The third-order valence-electron chi connectivity index (χ3n) is 2.83. The van der Waals surface area contributed by atoms with Gasteiger partial charge in [-0.2, -0.15) is 11.8 Å². The Labute approximate surface area is 120 Å². The van der Waals surface area contributed by atoms with E-state index in [1.165, 1.54) is 11.3 Å². The Morgan fingerprint density at radius 1 is 1.39 bits per heavy atom. The smallest absolute Gasteiger partial charge is 0.0426 e. The van der Waals surface area contributed by atoms with E-state index >= 15 is 0 Å². The van der Waals surface area contributed by atoms with Gasteiger partial charge in [-0.25, -0.2) is 0 Å². The highest BCUT2D eigenvalue weighted by atomic mass is 35.5. The van der Waals surface area contributed by atoms with Crippen molar-refractivity contribution in [2.75, 3.05) is 37.0 Å². The van der Waals surface area contributed by atoms with Gasteiger partial charge in [-0.3, -0.25) is 0 Å². The summed E-state index contributed by atoms with van der Waals surface area (Å²) in [6.07, 6.45) is 3.29. The highest BCUT2D eigenvalue weighted by molar-refractivity contribution is 7.98. The van der Waals surface area contributed by atoms with Crippen molar-refractivity contribution in [3.63, 3.8) is 0 Å². The first kappa shape index (κ1) is 15.7. The second-order valence-corrected chi connectivity index (χ2v) is 5.79. The summed E-state index contributed by atoms with van der Waals surface area (Å²) in [7, 11) is 2.13. The van der Waals surface area contributed by atoms with Crippen LogP contribution in [-0.2, 0) is 6.54 Å². The molecule has 1 N–H and O–H groups in total. The van der Waals surface area contributed by atoms with Crippen LogP contribution in [0.5, 0.6) is 0 Å². The van der Waals surface area contributed by atoms with E-state index in [9.17, 15) is 0 Å². The molecule has 0 atom stereocenters. The number of halogens is 1. The van der Waals surface area contributed by atoms with Crippen LogP contribution in [0.15, 0.2) is 18.2 Å². The van der Waals surface area contributed by atoms with E-state index in [1.807, 2.05) is 17.8 Å². The van der Waals surface area contributed by atoms with E-state index < -0.39 is 0 Å². The van der Waals surface area contributed by atoms with Crippen molar-refractivity contribution in [1.82, 2.24) is 5.32 Å². The van der Waals surface area contributed by atoms with Crippen LogP contribution in [0.25, 0.3) is 0 Å². The number of nitrogens with zero attached hydrogens (tertiary/aromatic N) is 1. The lowest BCUT2D eigenvalue weighted by atomic mass is 10.1. The summed E-state index contributed by atoms with van der Waals surface area (Å²) < 4.78 is 0. The van der Waals surface area contributed by atoms with E-state index in [2.05, 4.69) is 42.6 Å². The zero-order chi connectivity index (χ0) is 13.4. The van der Waals surface area contributed by atoms with Gasteiger partial charge in [0.1, 0.15) is 0 Å². The third-order valence-corrected chi connectivity index (χ3v) is 3.66. The van der Waals surface area contributed by atoms with E-state index in [4.69, 9.17) is 11.6 Å². The standard InChI is InChI=1S/C14H23ClN2S/c1-4-7-16-11-12-5-6-13(15)10-14(12)17(2)8-9-18-3/h5-6,10,16H,4,7-9,11H2,1-3H3. The van der Waals surface area contributed by atoms with E-state index in [1.54, 1.807) is 0 Å². The SMILES string of the molecule is CCCNCc1ccc(Cl)cc1N(C)CCSC. The zero-order valence-corrected chi connectivity index (χ0v) is 13.1. The summed E-state index contributed by atoms with van der Waals surface area (Å²) in [6, 6.07) is 6.15. The normalized spacial score (nSPS) is 10.7. The summed E-state index contributed by atoms with van der Waals surface area (Å²) in [5.74, 6) is 1.13. The maximum atomic E-state index is 6.10. The van der Waals surface area contributed by atoms with Crippen molar-refractivity contribution in [1.29, 1.82) is 0 Å². The Kier molecular flexibility index (Phi) is 7.56. The van der Waals surface area contributed by atoms with Gasteiger partial charge < -0.3 is 10.2 Å². The summed E-state index contributed by atoms with van der Waals surface area (Å²) in [6.45, 7) is 5.18. The highest BCUT2D eigenvalue weighted by Crippen LogP contribution is 2.24. The highest BCUT2D eigenvalue weighted by Gasteiger charge is 2.07. The molecule has 1 rings (SSSR count). The van der Waals surface area contributed by atoms with Crippen molar-refractivity contribution < 1.29 is 0 Å². The summed E-state index contributed by atoms with van der Waals surface area (Å²) in [5, 5.41) is 4.25. The minimum Gasteiger partial charge on any atom is -0.373 e. The van der Waals surface area contributed by atoms with Gasteiger partial charge in [-0.1, -0.05) is 24.6 Å². The number of hydrogen-bond donors (Lipinski definition) is 1. The number of rotatable bonds is 8. The maximum absolute atomic E-state index is 6.10. The van der Waals surface area contributed by atoms with Gasteiger partial charge >= 0.3 is 0 Å². The van der Waals surface area contributed by atoms with Crippen LogP contribution >= 0.6 is 23.4 Å². The molecule has 4 heteroatoms. The lowest BCUT2D eigenvalue weighted by Crippen LogP contribution is -2.23. The van der Waals surface area contributed by atoms with Crippen molar-refractivity contribution in [3.8, 4) is 0 Å². The molecular weight excluding hydrogens is 264 g/mol. The molecule has 0 bridgehead atoms. The fraction of sp³-hybridized carbons (Fsp3) is 0.571. The Bertz CT molecular complexity index is 358. The number of anilines is 1. The lowest BCUT2D eigenvalue weighted by Gasteiger charge is -2.22. The first-order valence-electron chi connectivity index (χ1n) is 6.38. The van der Waals surface area contributed by atoms with Crippen molar-refractivity contribution in [2.24, 2.45) is 0 Å². The quantitative estimate of drug-likeness (QED) is 0.735. The molecule has 0 heterocycles. The first-order chi connectivity index (χ1) is 8.69. The average Bonchev–Trinajstić information content (AvgIpc) is 2.38. The summed E-state index contributed by atoms with van der Waals surface area (Å²) in [4.78, 5) is 2.28. The molecule has 0 aliphatic heterocycles. The predicted octanol–water partition coefficient (Wildman–Crippen LogP) is 3.64. The number of hydrogen-bond acceptors (Lipinski definition) is 3. The van der Waals surface area contributed by atoms with Gasteiger partial charge in [-0.15, -0.1) is 0 Å². The van der Waals surface area contributed by atoms with Gasteiger partial charge in [0, 0.05) is 36.6 Å². The van der Waals surface area contributed by atoms with Crippen molar-refractivity contribution >= 4 is 29.1 Å². The number of nitrogens with one attached hydrogen (secondary N) is 1. The molecule has 0 fully saturated rings. The van der Waals surface area contributed by atoms with Gasteiger partial charge in [0.15, 0.2) is 0 Å². The molecule has 18 heavy (non-hydrogen) atoms. The van der Waals surface area contributed by atoms with E-state index in [0.717, 1.165) is 36.8 Å². The number of thioether (sulfide) groups is 1. The van der Waals surface area contributed by atoms with Crippen LogP contribution in [0.2, 0.25) is 5.02 Å². The second kappa shape index (κ2) is 8.68. The molecule has 102 valence electrons. The van der Waals surface area contributed by atoms with Crippen molar-refractivity contribution in [2.45, 2.75) is 19.9 Å². The van der Waals surface area contributed by atoms with E-state index in [0.29, 0.717) is 0 Å². The Hall–Kier alpha value is -0.380. The van der Waals surface area contributed by atoms with Crippen LogP contribution in [0.3, 0.4) is 0 Å². The van der Waals surface area contributed by atoms with Crippen LogP contribution < -0.4 is 10.2 Å². The average molecular weight is 287 g/mol. The molecule has 0 saturated heterocycles. The van der Waals surface area contributed by atoms with Gasteiger partial charge in [0.2, 0.25) is 0 Å². The molecule has 0 aliphatic carbocycles. The third kappa shape index (κ3) is 5.09. The largest absolute Gasteiger partial charge is 0.373 e. The molecule has 0 unspecified atom stereocenters. The Balaban J connectivity index is 2.75.